The van der Waals surface area contributed by atoms with E-state index in [2.05, 4.69) is 17.1 Å². The number of hydrogen-bond donors (Lipinski definition) is 0. The third kappa shape index (κ3) is 3.65. The summed E-state index contributed by atoms with van der Waals surface area (Å²) in [5, 5.41) is 6.05. The predicted molar refractivity (Wildman–Crippen MR) is 158 cm³/mol. The first-order chi connectivity index (χ1) is 21.4. The molecule has 0 unspecified atom stereocenters. The topological polar surface area (TPSA) is 51.8 Å². The Kier molecular flexibility index (Phi) is 3.80. The molecule has 8 aromatic rings. The zero-order valence-electron chi connectivity index (χ0n) is 25.5. The molecule has 2 heterocycles. The van der Waals surface area contributed by atoms with Crippen molar-refractivity contribution < 1.29 is 11.3 Å². The monoisotopic (exact) mass is 504 g/mol. The molecular weight excluding hydrogens is 478 g/mol. The molecule has 4 nitrogen and oxygen atoms in total. The molecule has 0 aliphatic heterocycles. The maximum atomic E-state index is 8.60. The Morgan fingerprint density at radius 2 is 1.15 bits per heavy atom. The van der Waals surface area contributed by atoms with Gasteiger partial charge >= 0.3 is 0 Å². The van der Waals surface area contributed by atoms with Crippen molar-refractivity contribution in [1.82, 2.24) is 15.0 Å². The van der Waals surface area contributed by atoms with E-state index in [9.17, 15) is 0 Å². The number of nitrogens with zero attached hydrogens (tertiary/aromatic N) is 3. The number of fused-ring (bicyclic) bond motifs is 5. The molecule has 6 aromatic carbocycles. The summed E-state index contributed by atoms with van der Waals surface area (Å²) in [5.74, 6) is 0.604. The van der Waals surface area contributed by atoms with Crippen molar-refractivity contribution in [2.45, 2.75) is 0 Å². The SMILES string of the molecule is [2H]c1c([2H])c([2H])c(-c2nc(-c3ccc4c(c3)oc3cc5ccccc5cc34)nc(-c3cccc4ccccc34)n2)c([2H])c1[2H]. The van der Waals surface area contributed by atoms with Crippen molar-refractivity contribution in [1.29, 1.82) is 0 Å². The van der Waals surface area contributed by atoms with Gasteiger partial charge in [0.25, 0.3) is 0 Å². The summed E-state index contributed by atoms with van der Waals surface area (Å²) >= 11 is 0. The van der Waals surface area contributed by atoms with Gasteiger partial charge in [-0.1, -0.05) is 103 Å². The molecule has 0 saturated carbocycles. The van der Waals surface area contributed by atoms with Gasteiger partial charge in [0.2, 0.25) is 0 Å². The van der Waals surface area contributed by atoms with Crippen LogP contribution in [0.15, 0.2) is 132 Å². The quantitative estimate of drug-likeness (QED) is 0.241. The minimum atomic E-state index is -0.477. The summed E-state index contributed by atoms with van der Waals surface area (Å²) in [7, 11) is 0. The van der Waals surface area contributed by atoms with Crippen molar-refractivity contribution in [2.24, 2.45) is 0 Å². The Labute approximate surface area is 231 Å². The largest absolute Gasteiger partial charge is 0.456 e. The molecule has 0 radical (unpaired) electrons. The van der Waals surface area contributed by atoms with Crippen LogP contribution in [0, 0.1) is 0 Å². The van der Waals surface area contributed by atoms with Crippen LogP contribution in [0.2, 0.25) is 0 Å². The fourth-order valence-corrected chi connectivity index (χ4v) is 5.12. The van der Waals surface area contributed by atoms with Crippen LogP contribution in [0.1, 0.15) is 6.85 Å². The summed E-state index contributed by atoms with van der Waals surface area (Å²) < 4.78 is 48.0. The van der Waals surface area contributed by atoms with Gasteiger partial charge in [0.15, 0.2) is 17.5 Å². The van der Waals surface area contributed by atoms with Crippen LogP contribution in [-0.4, -0.2) is 15.0 Å². The zero-order chi connectivity index (χ0) is 30.1. The Bertz CT molecular complexity index is 2440. The molecular formula is C35H21N3O. The highest BCUT2D eigenvalue weighted by Gasteiger charge is 2.16. The normalized spacial score (nSPS) is 13.4. The fourth-order valence-electron chi connectivity index (χ4n) is 5.12. The lowest BCUT2D eigenvalue weighted by Gasteiger charge is -2.10. The molecule has 0 bridgehead atoms. The van der Waals surface area contributed by atoms with Gasteiger partial charge in [-0.2, -0.15) is 0 Å². The number of aromatic nitrogens is 3. The second-order valence-corrected chi connectivity index (χ2v) is 9.34. The Morgan fingerprint density at radius 3 is 2.00 bits per heavy atom. The smallest absolute Gasteiger partial charge is 0.164 e. The first-order valence-corrected chi connectivity index (χ1v) is 12.5. The summed E-state index contributed by atoms with van der Waals surface area (Å²) in [6.07, 6.45) is 0. The molecule has 0 aliphatic carbocycles. The first-order valence-electron chi connectivity index (χ1n) is 15.0. The van der Waals surface area contributed by atoms with E-state index in [1.54, 1.807) is 0 Å². The second kappa shape index (κ2) is 8.61. The van der Waals surface area contributed by atoms with Crippen LogP contribution < -0.4 is 0 Å². The van der Waals surface area contributed by atoms with Crippen LogP contribution in [-0.2, 0) is 0 Å². The van der Waals surface area contributed by atoms with E-state index in [-0.39, 0.29) is 29.3 Å². The van der Waals surface area contributed by atoms with Crippen molar-refractivity contribution >= 4 is 43.5 Å². The van der Waals surface area contributed by atoms with E-state index in [1.165, 1.54) is 0 Å². The van der Waals surface area contributed by atoms with E-state index in [0.717, 1.165) is 43.5 Å². The van der Waals surface area contributed by atoms with E-state index >= 15 is 0 Å². The van der Waals surface area contributed by atoms with Crippen LogP contribution in [0.3, 0.4) is 0 Å². The maximum absolute atomic E-state index is 8.60. The lowest BCUT2D eigenvalue weighted by molar-refractivity contribution is 0.669. The zero-order valence-corrected chi connectivity index (χ0v) is 20.5. The number of benzene rings is 6. The summed E-state index contributed by atoms with van der Waals surface area (Å²) in [6.45, 7) is 0. The molecule has 0 N–H and O–H groups in total. The standard InChI is InChI=1S/C35H21N3O/c1-2-10-23(11-3-1)33-36-34(38-35(37-33)29-16-8-14-22-9-6-7-15-27(22)29)26-17-18-28-30-19-24-12-4-5-13-25(24)20-32(30)39-31(28)21-26/h1-21H/i1D,2D,3D,10D,11D. The van der Waals surface area contributed by atoms with Crippen molar-refractivity contribution in [3.05, 3.63) is 127 Å². The Hall–Kier alpha value is -5.35. The van der Waals surface area contributed by atoms with Crippen LogP contribution in [0.25, 0.3) is 77.6 Å². The second-order valence-electron chi connectivity index (χ2n) is 9.34. The van der Waals surface area contributed by atoms with Gasteiger partial charge in [-0.05, 0) is 45.8 Å². The highest BCUT2D eigenvalue weighted by molar-refractivity contribution is 6.10. The average molecular weight is 505 g/mol. The van der Waals surface area contributed by atoms with Gasteiger partial charge in [-0.25, -0.2) is 15.0 Å². The summed E-state index contributed by atoms with van der Waals surface area (Å²) in [5.41, 5.74) is 2.71. The van der Waals surface area contributed by atoms with Crippen LogP contribution in [0.5, 0.6) is 0 Å². The number of furan rings is 1. The molecule has 4 heteroatoms. The Morgan fingerprint density at radius 1 is 0.487 bits per heavy atom. The van der Waals surface area contributed by atoms with Crippen LogP contribution in [0.4, 0.5) is 0 Å². The molecule has 182 valence electrons. The molecule has 8 rings (SSSR count). The van der Waals surface area contributed by atoms with Gasteiger partial charge < -0.3 is 4.42 Å². The average Bonchev–Trinajstić information content (AvgIpc) is 3.41. The van der Waals surface area contributed by atoms with E-state index in [0.29, 0.717) is 17.0 Å². The summed E-state index contributed by atoms with van der Waals surface area (Å²) in [4.78, 5) is 14.2. The molecule has 0 amide bonds. The predicted octanol–water partition coefficient (Wildman–Crippen LogP) is 9.08. The molecule has 39 heavy (non-hydrogen) atoms. The van der Waals surface area contributed by atoms with E-state index < -0.39 is 18.1 Å². The molecule has 0 spiro atoms. The highest BCUT2D eigenvalue weighted by atomic mass is 16.3. The minimum absolute atomic E-state index is 0.00844. The fraction of sp³-hybridized carbons (Fsp3) is 0. The Balaban J connectivity index is 1.39. The van der Waals surface area contributed by atoms with Crippen molar-refractivity contribution in [3.8, 4) is 34.2 Å². The van der Waals surface area contributed by atoms with Gasteiger partial charge in [0.05, 0.1) is 6.85 Å². The highest BCUT2D eigenvalue weighted by Crippen LogP contribution is 2.35. The van der Waals surface area contributed by atoms with Gasteiger partial charge in [0.1, 0.15) is 11.2 Å². The number of rotatable bonds is 3. The third-order valence-corrected chi connectivity index (χ3v) is 6.99. The van der Waals surface area contributed by atoms with E-state index in [4.69, 9.17) is 21.2 Å². The maximum Gasteiger partial charge on any atom is 0.164 e. The third-order valence-electron chi connectivity index (χ3n) is 6.99. The van der Waals surface area contributed by atoms with Gasteiger partial charge in [-0.3, -0.25) is 0 Å². The molecule has 0 saturated heterocycles. The van der Waals surface area contributed by atoms with E-state index in [1.807, 2.05) is 84.9 Å². The van der Waals surface area contributed by atoms with Gasteiger partial charge in [-0.15, -0.1) is 0 Å². The van der Waals surface area contributed by atoms with Crippen molar-refractivity contribution in [3.63, 3.8) is 0 Å². The van der Waals surface area contributed by atoms with Crippen LogP contribution >= 0.6 is 0 Å². The lowest BCUT2D eigenvalue weighted by atomic mass is 10.0. The molecule has 0 atom stereocenters. The van der Waals surface area contributed by atoms with Crippen molar-refractivity contribution in [2.75, 3.05) is 0 Å². The van der Waals surface area contributed by atoms with Gasteiger partial charge in [0, 0.05) is 27.5 Å². The first kappa shape index (κ1) is 17.2. The molecule has 0 fully saturated rings. The molecule has 0 aliphatic rings. The lowest BCUT2D eigenvalue weighted by Crippen LogP contribution is -2.00. The minimum Gasteiger partial charge on any atom is -0.456 e. The number of hydrogen-bond acceptors (Lipinski definition) is 4. The molecule has 2 aromatic heterocycles. The summed E-state index contributed by atoms with van der Waals surface area (Å²) in [6, 6.07) is 29.5.